The number of hydrogen-bond acceptors (Lipinski definition) is 3. The van der Waals surface area contributed by atoms with Gasteiger partial charge in [0, 0.05) is 15.8 Å². The Kier molecular flexibility index (Phi) is 2.58. The molecule has 106 valence electrons. The first-order valence-electron chi connectivity index (χ1n) is 7.35. The van der Waals surface area contributed by atoms with Gasteiger partial charge in [-0.1, -0.05) is 65.2 Å². The summed E-state index contributed by atoms with van der Waals surface area (Å²) in [5, 5.41) is 4.66. The van der Waals surface area contributed by atoms with E-state index in [2.05, 4.69) is 42.5 Å². The Balaban J connectivity index is 1.93. The van der Waals surface area contributed by atoms with Gasteiger partial charge in [0.25, 0.3) is 4.06 Å². The lowest BCUT2D eigenvalue weighted by Crippen LogP contribution is -2.03. The average molecular weight is 320 g/mol. The van der Waals surface area contributed by atoms with E-state index in [-0.39, 0.29) is 4.06 Å². The molecule has 0 saturated heterocycles. The standard InChI is InChI=1S/C19H12OS2/c20-19-21-10-16(22-19)14-8-6-13-5-4-11-2-1-3-12-7-9-15(14)18(13)17(11)12/h1,3-4,6-10H,2,5H2. The molecule has 1 heterocycles. The van der Waals surface area contributed by atoms with E-state index in [1.165, 1.54) is 61.3 Å². The van der Waals surface area contributed by atoms with Gasteiger partial charge in [0.2, 0.25) is 0 Å². The fourth-order valence-electron chi connectivity index (χ4n) is 3.60. The molecule has 5 rings (SSSR count). The Morgan fingerprint density at radius 2 is 2.00 bits per heavy atom. The molecule has 0 amide bonds. The SMILES string of the molecule is O=c1scc(-c2ccc3c4c5c(ccc24)C=CCC5=CC3)s1. The Hall–Kier alpha value is -1.97. The average Bonchev–Trinajstić information content (AvgIpc) is 2.99. The lowest BCUT2D eigenvalue weighted by molar-refractivity contribution is 1.23. The van der Waals surface area contributed by atoms with Crippen molar-refractivity contribution >= 4 is 45.1 Å². The minimum Gasteiger partial charge on any atom is -0.265 e. The molecule has 3 aromatic rings. The molecule has 2 aliphatic carbocycles. The molecule has 2 aliphatic rings. The Morgan fingerprint density at radius 3 is 2.86 bits per heavy atom. The first kappa shape index (κ1) is 12.6. The summed E-state index contributed by atoms with van der Waals surface area (Å²) in [5.41, 5.74) is 6.77. The van der Waals surface area contributed by atoms with Crippen molar-refractivity contribution in [3.8, 4) is 10.4 Å². The van der Waals surface area contributed by atoms with Crippen molar-refractivity contribution in [2.24, 2.45) is 0 Å². The Morgan fingerprint density at radius 1 is 1.05 bits per heavy atom. The third kappa shape index (κ3) is 1.67. The molecule has 0 aliphatic heterocycles. The summed E-state index contributed by atoms with van der Waals surface area (Å²) in [7, 11) is 0. The quantitative estimate of drug-likeness (QED) is 0.591. The van der Waals surface area contributed by atoms with Crippen molar-refractivity contribution in [3.63, 3.8) is 0 Å². The number of hydrogen-bond donors (Lipinski definition) is 0. The minimum absolute atomic E-state index is 0.167. The molecule has 1 nitrogen and oxygen atoms in total. The summed E-state index contributed by atoms with van der Waals surface area (Å²) < 4.78 is 0.167. The Bertz CT molecular complexity index is 1050. The fourth-order valence-corrected chi connectivity index (χ4v) is 5.34. The van der Waals surface area contributed by atoms with Crippen LogP contribution in [0.1, 0.15) is 23.1 Å². The van der Waals surface area contributed by atoms with Crippen molar-refractivity contribution in [2.45, 2.75) is 12.8 Å². The van der Waals surface area contributed by atoms with E-state index in [0.29, 0.717) is 0 Å². The smallest absolute Gasteiger partial charge is 0.265 e. The highest BCUT2D eigenvalue weighted by Gasteiger charge is 2.21. The van der Waals surface area contributed by atoms with E-state index < -0.39 is 0 Å². The highest BCUT2D eigenvalue weighted by Crippen LogP contribution is 2.43. The zero-order valence-electron chi connectivity index (χ0n) is 11.8. The van der Waals surface area contributed by atoms with Crippen LogP contribution in [-0.2, 0) is 6.42 Å². The lowest BCUT2D eigenvalue weighted by atomic mass is 9.80. The lowest BCUT2D eigenvalue weighted by Gasteiger charge is -2.24. The van der Waals surface area contributed by atoms with E-state index in [0.717, 1.165) is 17.7 Å². The van der Waals surface area contributed by atoms with Gasteiger partial charge < -0.3 is 0 Å². The maximum absolute atomic E-state index is 11.6. The molecule has 3 heteroatoms. The normalized spacial score (nSPS) is 15.2. The summed E-state index contributed by atoms with van der Waals surface area (Å²) in [5.74, 6) is 0. The number of rotatable bonds is 1. The molecule has 0 radical (unpaired) electrons. The molecule has 0 bridgehead atoms. The molecule has 0 atom stereocenters. The maximum atomic E-state index is 11.6. The fraction of sp³-hybridized carbons (Fsp3) is 0.105. The predicted octanol–water partition coefficient (Wildman–Crippen LogP) is 5.35. The molecule has 2 aromatic carbocycles. The maximum Gasteiger partial charge on any atom is 0.287 e. The molecule has 0 N–H and O–H groups in total. The van der Waals surface area contributed by atoms with Crippen LogP contribution in [0.25, 0.3) is 32.9 Å². The van der Waals surface area contributed by atoms with Gasteiger partial charge in [-0.3, -0.25) is 4.79 Å². The van der Waals surface area contributed by atoms with E-state index in [4.69, 9.17) is 0 Å². The van der Waals surface area contributed by atoms with Crippen molar-refractivity contribution in [3.05, 3.63) is 67.3 Å². The predicted molar refractivity (Wildman–Crippen MR) is 96.7 cm³/mol. The van der Waals surface area contributed by atoms with Crippen molar-refractivity contribution in [1.82, 2.24) is 0 Å². The molecule has 22 heavy (non-hydrogen) atoms. The zero-order valence-corrected chi connectivity index (χ0v) is 13.4. The van der Waals surface area contributed by atoms with Gasteiger partial charge in [-0.25, -0.2) is 0 Å². The molecular formula is C19H12OS2. The second kappa shape index (κ2) is 4.51. The highest BCUT2D eigenvalue weighted by molar-refractivity contribution is 7.28. The minimum atomic E-state index is 0.167. The molecular weight excluding hydrogens is 308 g/mol. The molecule has 1 aromatic heterocycles. The molecule has 0 fully saturated rings. The monoisotopic (exact) mass is 320 g/mol. The number of benzene rings is 2. The van der Waals surface area contributed by atoms with Gasteiger partial charge in [0.05, 0.1) is 0 Å². The van der Waals surface area contributed by atoms with Crippen molar-refractivity contribution in [1.29, 1.82) is 0 Å². The third-order valence-electron chi connectivity index (χ3n) is 4.55. The van der Waals surface area contributed by atoms with Crippen LogP contribution in [-0.4, -0.2) is 0 Å². The summed E-state index contributed by atoms with van der Waals surface area (Å²) >= 11 is 2.65. The van der Waals surface area contributed by atoms with Gasteiger partial charge in [-0.15, -0.1) is 0 Å². The van der Waals surface area contributed by atoms with Crippen LogP contribution in [0.15, 0.2) is 46.6 Å². The first-order chi connectivity index (χ1) is 10.8. The van der Waals surface area contributed by atoms with Crippen LogP contribution >= 0.6 is 22.7 Å². The Labute approximate surface area is 135 Å². The van der Waals surface area contributed by atoms with Crippen molar-refractivity contribution in [2.75, 3.05) is 0 Å². The van der Waals surface area contributed by atoms with Crippen LogP contribution in [0.4, 0.5) is 0 Å². The van der Waals surface area contributed by atoms with Crippen LogP contribution < -0.4 is 4.06 Å². The van der Waals surface area contributed by atoms with Gasteiger partial charge in [0.1, 0.15) is 0 Å². The highest BCUT2D eigenvalue weighted by atomic mass is 32.2. The van der Waals surface area contributed by atoms with E-state index in [9.17, 15) is 4.79 Å². The van der Waals surface area contributed by atoms with Crippen molar-refractivity contribution < 1.29 is 0 Å². The van der Waals surface area contributed by atoms with Crippen LogP contribution in [0.3, 0.4) is 0 Å². The van der Waals surface area contributed by atoms with Gasteiger partial charge in [-0.05, 0) is 45.9 Å². The van der Waals surface area contributed by atoms with Gasteiger partial charge in [0.15, 0.2) is 0 Å². The summed E-state index contributed by atoms with van der Waals surface area (Å²) in [6, 6.07) is 8.85. The number of allylic oxidation sites excluding steroid dienone is 3. The first-order valence-corrected chi connectivity index (χ1v) is 9.04. The van der Waals surface area contributed by atoms with Crippen LogP contribution in [0.5, 0.6) is 0 Å². The topological polar surface area (TPSA) is 17.1 Å². The molecule has 0 spiro atoms. The van der Waals surface area contributed by atoms with Crippen LogP contribution in [0.2, 0.25) is 0 Å². The summed E-state index contributed by atoms with van der Waals surface area (Å²) in [4.78, 5) is 12.7. The van der Waals surface area contributed by atoms with E-state index in [1.807, 2.05) is 5.38 Å². The zero-order chi connectivity index (χ0) is 14.7. The molecule has 0 saturated carbocycles. The van der Waals surface area contributed by atoms with E-state index >= 15 is 0 Å². The summed E-state index contributed by atoms with van der Waals surface area (Å²) in [6.45, 7) is 0. The van der Waals surface area contributed by atoms with Gasteiger partial charge >= 0.3 is 0 Å². The van der Waals surface area contributed by atoms with Crippen LogP contribution in [0, 0.1) is 0 Å². The second-order valence-electron chi connectivity index (χ2n) is 5.72. The molecule has 0 unspecified atom stereocenters. The second-order valence-corrected chi connectivity index (χ2v) is 7.83. The van der Waals surface area contributed by atoms with Gasteiger partial charge in [-0.2, -0.15) is 0 Å². The summed E-state index contributed by atoms with van der Waals surface area (Å²) in [6.07, 6.45) is 8.89. The largest absolute Gasteiger partial charge is 0.287 e. The van der Waals surface area contributed by atoms with E-state index in [1.54, 1.807) is 0 Å². The third-order valence-corrected chi connectivity index (χ3v) is 6.50.